The summed E-state index contributed by atoms with van der Waals surface area (Å²) < 4.78 is 2.71. The van der Waals surface area contributed by atoms with E-state index in [-0.39, 0.29) is 6.42 Å². The smallest absolute Gasteiger partial charge is 0.120 e. The molecule has 7 heteroatoms. The number of nitrogens with zero attached hydrogens (tertiary/aromatic N) is 4. The van der Waals surface area contributed by atoms with Gasteiger partial charge in [0.05, 0.1) is 34.9 Å². The third kappa shape index (κ3) is 4.29. The van der Waals surface area contributed by atoms with Crippen molar-refractivity contribution in [3.8, 4) is 17.3 Å². The molecule has 0 bridgehead atoms. The molecule has 2 aromatic heterocycles. The lowest BCUT2D eigenvalue weighted by molar-refractivity contribution is -0.304. The normalized spacial score (nSPS) is 11.5. The molecular weight excluding hydrogens is 396 g/mol. The van der Waals surface area contributed by atoms with Gasteiger partial charge in [0.15, 0.2) is 0 Å². The molecular formula is C23H17N4O2S-. The Balaban J connectivity index is 1.83. The number of nitriles is 1. The van der Waals surface area contributed by atoms with Crippen LogP contribution in [0.2, 0.25) is 0 Å². The average molecular weight is 413 g/mol. The van der Waals surface area contributed by atoms with Gasteiger partial charge >= 0.3 is 0 Å². The number of carboxylic acid groups (broad SMARTS) is 1. The van der Waals surface area contributed by atoms with Crippen LogP contribution in [0.5, 0.6) is 0 Å². The van der Waals surface area contributed by atoms with E-state index in [0.717, 1.165) is 27.0 Å². The fourth-order valence-corrected chi connectivity index (χ4v) is 4.16. The number of aryl methyl sites for hydroxylation is 1. The zero-order valence-electron chi connectivity index (χ0n) is 16.0. The second-order valence-electron chi connectivity index (χ2n) is 6.68. The lowest BCUT2D eigenvalue weighted by Gasteiger charge is -2.06. The molecule has 0 atom stereocenters. The van der Waals surface area contributed by atoms with E-state index in [4.69, 9.17) is 5.26 Å². The molecule has 0 amide bonds. The van der Waals surface area contributed by atoms with Crippen LogP contribution in [0, 0.1) is 11.3 Å². The van der Waals surface area contributed by atoms with Gasteiger partial charge in [-0.3, -0.25) is 4.68 Å². The van der Waals surface area contributed by atoms with Crippen molar-refractivity contribution in [2.24, 2.45) is 0 Å². The molecule has 0 aliphatic carbocycles. The lowest BCUT2D eigenvalue weighted by Crippen LogP contribution is -2.22. The van der Waals surface area contributed by atoms with E-state index in [0.29, 0.717) is 23.5 Å². The Morgan fingerprint density at radius 3 is 2.67 bits per heavy atom. The van der Waals surface area contributed by atoms with Crippen molar-refractivity contribution >= 4 is 39.2 Å². The van der Waals surface area contributed by atoms with Gasteiger partial charge in [-0.05, 0) is 23.8 Å². The van der Waals surface area contributed by atoms with Gasteiger partial charge in [-0.2, -0.15) is 10.4 Å². The fraction of sp³-hybridized carbons (Fsp3) is 0.130. The van der Waals surface area contributed by atoms with E-state index in [9.17, 15) is 9.90 Å². The Morgan fingerprint density at radius 2 is 1.93 bits per heavy atom. The molecule has 0 saturated carbocycles. The number of hydrogen-bond acceptors (Lipinski definition) is 6. The Hall–Kier alpha value is -3.76. The molecule has 148 valence electrons. The summed E-state index contributed by atoms with van der Waals surface area (Å²) in [5.41, 5.74) is 3.81. The van der Waals surface area contributed by atoms with Crippen LogP contribution < -0.4 is 5.11 Å². The summed E-state index contributed by atoms with van der Waals surface area (Å²) in [6.45, 7) is 0.459. The van der Waals surface area contributed by atoms with Gasteiger partial charge in [-0.1, -0.05) is 42.5 Å². The topological polar surface area (TPSA) is 94.6 Å². The molecule has 6 nitrogen and oxygen atoms in total. The van der Waals surface area contributed by atoms with Gasteiger partial charge in [0.1, 0.15) is 5.01 Å². The molecule has 0 aliphatic heterocycles. The summed E-state index contributed by atoms with van der Waals surface area (Å²) in [7, 11) is 0. The second kappa shape index (κ2) is 8.72. The van der Waals surface area contributed by atoms with E-state index in [1.165, 1.54) is 11.3 Å². The Bertz CT molecular complexity index is 1230. The van der Waals surface area contributed by atoms with Crippen molar-refractivity contribution in [3.63, 3.8) is 0 Å². The van der Waals surface area contributed by atoms with Crippen molar-refractivity contribution in [1.29, 1.82) is 5.26 Å². The number of carboxylic acids is 1. The van der Waals surface area contributed by atoms with Crippen molar-refractivity contribution in [2.75, 3.05) is 0 Å². The first kappa shape index (κ1) is 19.6. The molecule has 4 rings (SSSR count). The number of aromatic nitrogens is 3. The number of thiazole rings is 1. The van der Waals surface area contributed by atoms with Gasteiger partial charge in [0.2, 0.25) is 0 Å². The zero-order valence-corrected chi connectivity index (χ0v) is 16.8. The maximum atomic E-state index is 11.5. The molecule has 0 radical (unpaired) electrons. The predicted octanol–water partition coefficient (Wildman–Crippen LogP) is 3.75. The van der Waals surface area contributed by atoms with Crippen LogP contribution in [-0.2, 0) is 11.3 Å². The largest absolute Gasteiger partial charge is 0.550 e. The summed E-state index contributed by atoms with van der Waals surface area (Å²) >= 11 is 1.45. The van der Waals surface area contributed by atoms with E-state index < -0.39 is 5.97 Å². The van der Waals surface area contributed by atoms with Crippen LogP contribution in [0.1, 0.15) is 23.4 Å². The molecule has 2 aromatic carbocycles. The van der Waals surface area contributed by atoms with Crippen molar-refractivity contribution in [1.82, 2.24) is 14.8 Å². The molecule has 4 aromatic rings. The number of carbonyl (C=O) groups excluding carboxylic acids is 1. The minimum absolute atomic E-state index is 0.253. The first-order valence-corrected chi connectivity index (χ1v) is 10.2. The quantitative estimate of drug-likeness (QED) is 0.460. The number of para-hydroxylation sites is 1. The van der Waals surface area contributed by atoms with E-state index >= 15 is 0 Å². The maximum Gasteiger partial charge on any atom is 0.120 e. The zero-order chi connectivity index (χ0) is 20.9. The molecule has 0 aliphatic rings. The van der Waals surface area contributed by atoms with Gasteiger partial charge in [-0.15, -0.1) is 11.3 Å². The first-order valence-electron chi connectivity index (χ1n) is 9.40. The molecule has 0 unspecified atom stereocenters. The number of aliphatic carboxylic acids is 1. The Morgan fingerprint density at radius 1 is 1.17 bits per heavy atom. The van der Waals surface area contributed by atoms with Crippen molar-refractivity contribution < 1.29 is 9.90 Å². The highest BCUT2D eigenvalue weighted by Gasteiger charge is 2.14. The molecule has 0 fully saturated rings. The van der Waals surface area contributed by atoms with Crippen LogP contribution in [0.25, 0.3) is 33.1 Å². The number of benzene rings is 2. The fourth-order valence-electron chi connectivity index (χ4n) is 3.18. The minimum Gasteiger partial charge on any atom is -0.550 e. The molecule has 0 spiro atoms. The molecule has 0 saturated heterocycles. The van der Waals surface area contributed by atoms with E-state index in [1.807, 2.05) is 66.9 Å². The van der Waals surface area contributed by atoms with Crippen LogP contribution in [0.3, 0.4) is 0 Å². The van der Waals surface area contributed by atoms with Crippen LogP contribution in [-0.4, -0.2) is 20.7 Å². The number of hydrogen-bond donors (Lipinski definition) is 0. The van der Waals surface area contributed by atoms with Gasteiger partial charge in [0, 0.05) is 29.7 Å². The van der Waals surface area contributed by atoms with Crippen molar-refractivity contribution in [2.45, 2.75) is 19.4 Å². The third-order valence-electron chi connectivity index (χ3n) is 4.52. The van der Waals surface area contributed by atoms with Gasteiger partial charge in [0.25, 0.3) is 0 Å². The SMILES string of the molecule is N#CCCn1cc(/C=C(\CC(=O)[O-])c2nc3ccccc3s2)c(-c2ccccc2)n1. The summed E-state index contributed by atoms with van der Waals surface area (Å²) in [4.78, 5) is 16.1. The highest BCUT2D eigenvalue weighted by Crippen LogP contribution is 2.32. The van der Waals surface area contributed by atoms with E-state index in [2.05, 4.69) is 16.2 Å². The molecule has 2 heterocycles. The second-order valence-corrected chi connectivity index (χ2v) is 7.71. The molecule has 30 heavy (non-hydrogen) atoms. The Labute approximate surface area is 177 Å². The number of rotatable bonds is 7. The number of fused-ring (bicyclic) bond motifs is 1. The summed E-state index contributed by atoms with van der Waals surface area (Å²) in [6, 6.07) is 19.5. The third-order valence-corrected chi connectivity index (χ3v) is 5.63. The lowest BCUT2D eigenvalue weighted by atomic mass is 10.0. The number of carbonyl (C=O) groups is 1. The monoisotopic (exact) mass is 413 g/mol. The highest BCUT2D eigenvalue weighted by molar-refractivity contribution is 7.19. The summed E-state index contributed by atoms with van der Waals surface area (Å²) in [5.74, 6) is -1.17. The summed E-state index contributed by atoms with van der Waals surface area (Å²) in [5, 5.41) is 25.6. The first-order chi connectivity index (χ1) is 14.6. The van der Waals surface area contributed by atoms with Gasteiger partial charge in [-0.25, -0.2) is 4.98 Å². The highest BCUT2D eigenvalue weighted by atomic mass is 32.1. The predicted molar refractivity (Wildman–Crippen MR) is 115 cm³/mol. The van der Waals surface area contributed by atoms with Crippen LogP contribution in [0.15, 0.2) is 60.8 Å². The maximum absolute atomic E-state index is 11.5. The Kier molecular flexibility index (Phi) is 5.68. The minimum atomic E-state index is -1.17. The molecule has 0 N–H and O–H groups in total. The standard InChI is InChI=1S/C23H18N4O2S/c24-11-6-12-27-15-18(22(26-27)16-7-2-1-3-8-16)13-17(14-21(28)29)23-25-19-9-4-5-10-20(19)30-23/h1-5,7-10,13,15H,6,12,14H2,(H,28,29)/p-1/b17-13+. The van der Waals surface area contributed by atoms with Crippen LogP contribution in [0.4, 0.5) is 0 Å². The summed E-state index contributed by atoms with van der Waals surface area (Å²) in [6.07, 6.45) is 3.73. The average Bonchev–Trinajstić information content (AvgIpc) is 3.36. The van der Waals surface area contributed by atoms with Gasteiger partial charge < -0.3 is 9.90 Å². The van der Waals surface area contributed by atoms with Crippen LogP contribution >= 0.6 is 11.3 Å². The van der Waals surface area contributed by atoms with E-state index in [1.54, 1.807) is 4.68 Å². The van der Waals surface area contributed by atoms with Crippen molar-refractivity contribution in [3.05, 3.63) is 71.4 Å².